The van der Waals surface area contributed by atoms with Crippen LogP contribution in [0, 0.1) is 0 Å². The molecule has 1 saturated heterocycles. The van der Waals surface area contributed by atoms with E-state index in [1.54, 1.807) is 0 Å². The lowest BCUT2D eigenvalue weighted by Gasteiger charge is -2.32. The normalized spacial score (nSPS) is 20.0. The molecule has 0 unspecified atom stereocenters. The van der Waals surface area contributed by atoms with Gasteiger partial charge in [0.2, 0.25) is 0 Å². The third-order valence-corrected chi connectivity index (χ3v) is 2.74. The first-order valence-electron chi connectivity index (χ1n) is 4.28. The van der Waals surface area contributed by atoms with Crippen LogP contribution in [0.3, 0.4) is 0 Å². The quantitative estimate of drug-likeness (QED) is 0.534. The van der Waals surface area contributed by atoms with Crippen molar-refractivity contribution in [3.8, 4) is 0 Å². The Kier molecular flexibility index (Phi) is 4.27. The van der Waals surface area contributed by atoms with Gasteiger partial charge >= 0.3 is 0 Å². The molecule has 1 rings (SSSR count). The predicted octanol–water partition coefficient (Wildman–Crippen LogP) is 0.517. The topological polar surface area (TPSA) is 49.6 Å². The number of amides is 1. The highest BCUT2D eigenvalue weighted by atomic mass is 32.2. The number of rotatable bonds is 3. The van der Waals surface area contributed by atoms with Crippen LogP contribution in [0.1, 0.15) is 0 Å². The molecule has 13 heavy (non-hydrogen) atoms. The summed E-state index contributed by atoms with van der Waals surface area (Å²) in [5.41, 5.74) is 5.07. The van der Waals surface area contributed by atoms with Gasteiger partial charge in [-0.25, -0.2) is 4.31 Å². The summed E-state index contributed by atoms with van der Waals surface area (Å²) in [4.78, 5) is 12.9. The lowest BCUT2D eigenvalue weighted by molar-refractivity contribution is 0.213. The monoisotopic (exact) mass is 201 g/mol. The van der Waals surface area contributed by atoms with Crippen LogP contribution in [-0.2, 0) is 0 Å². The fraction of sp³-hybridized carbons (Fsp3) is 0.625. The fourth-order valence-corrected chi connectivity index (χ4v) is 1.91. The molecule has 1 heterocycles. The summed E-state index contributed by atoms with van der Waals surface area (Å²) < 4.78 is 2.00. The van der Waals surface area contributed by atoms with Gasteiger partial charge in [0.1, 0.15) is 0 Å². The molecule has 0 aromatic heterocycles. The van der Waals surface area contributed by atoms with Crippen LogP contribution >= 0.6 is 11.9 Å². The van der Waals surface area contributed by atoms with Gasteiger partial charge in [0.25, 0.3) is 5.24 Å². The van der Waals surface area contributed by atoms with E-state index in [0.717, 1.165) is 44.7 Å². The van der Waals surface area contributed by atoms with E-state index < -0.39 is 0 Å². The van der Waals surface area contributed by atoms with Crippen molar-refractivity contribution in [3.05, 3.63) is 12.7 Å². The first-order chi connectivity index (χ1) is 6.22. The molecule has 0 aromatic rings. The van der Waals surface area contributed by atoms with Crippen molar-refractivity contribution in [1.82, 2.24) is 9.21 Å². The van der Waals surface area contributed by atoms with E-state index in [0.29, 0.717) is 0 Å². The molecule has 1 amide bonds. The van der Waals surface area contributed by atoms with Gasteiger partial charge in [0, 0.05) is 44.7 Å². The van der Waals surface area contributed by atoms with Gasteiger partial charge < -0.3 is 5.73 Å². The molecule has 0 aromatic carbocycles. The van der Waals surface area contributed by atoms with E-state index in [-0.39, 0.29) is 5.24 Å². The van der Waals surface area contributed by atoms with E-state index in [2.05, 4.69) is 11.5 Å². The molecule has 0 atom stereocenters. The molecule has 0 aliphatic carbocycles. The number of primary amides is 1. The van der Waals surface area contributed by atoms with Gasteiger partial charge in [-0.1, -0.05) is 6.08 Å². The van der Waals surface area contributed by atoms with Crippen molar-refractivity contribution in [2.45, 2.75) is 0 Å². The highest BCUT2D eigenvalue weighted by Crippen LogP contribution is 2.12. The molecule has 5 heteroatoms. The van der Waals surface area contributed by atoms with Crippen molar-refractivity contribution in [1.29, 1.82) is 0 Å². The summed E-state index contributed by atoms with van der Waals surface area (Å²) in [7, 11) is 0. The highest BCUT2D eigenvalue weighted by molar-refractivity contribution is 8.11. The molecule has 2 N–H and O–H groups in total. The highest BCUT2D eigenvalue weighted by Gasteiger charge is 2.17. The third-order valence-electron chi connectivity index (χ3n) is 1.94. The van der Waals surface area contributed by atoms with Crippen LogP contribution < -0.4 is 5.73 Å². The molecule has 1 fully saturated rings. The van der Waals surface area contributed by atoms with Gasteiger partial charge in [-0.05, 0) is 0 Å². The number of hydrogen-bond donors (Lipinski definition) is 1. The minimum atomic E-state index is -0.322. The summed E-state index contributed by atoms with van der Waals surface area (Å²) in [6, 6.07) is 0. The van der Waals surface area contributed by atoms with E-state index in [1.807, 2.05) is 10.4 Å². The number of nitrogens with two attached hydrogens (primary N) is 1. The van der Waals surface area contributed by atoms with Gasteiger partial charge in [0.15, 0.2) is 0 Å². The Morgan fingerprint density at radius 3 is 2.54 bits per heavy atom. The zero-order valence-corrected chi connectivity index (χ0v) is 8.42. The number of nitrogens with zero attached hydrogens (tertiary/aromatic N) is 2. The molecule has 0 saturated carbocycles. The van der Waals surface area contributed by atoms with Gasteiger partial charge in [-0.3, -0.25) is 9.69 Å². The lowest BCUT2D eigenvalue weighted by Crippen LogP contribution is -2.44. The maximum atomic E-state index is 10.6. The second-order valence-corrected chi connectivity index (χ2v) is 4.03. The Balaban J connectivity index is 2.22. The summed E-state index contributed by atoms with van der Waals surface area (Å²) in [5, 5.41) is -0.322. The molecule has 0 bridgehead atoms. The predicted molar refractivity (Wildman–Crippen MR) is 55.4 cm³/mol. The molecular formula is C8H15N3OS. The SMILES string of the molecule is C=CCN1CCN(SC(N)=O)CC1. The van der Waals surface area contributed by atoms with Crippen LogP contribution in [0.15, 0.2) is 12.7 Å². The van der Waals surface area contributed by atoms with Gasteiger partial charge in [-0.15, -0.1) is 6.58 Å². The zero-order valence-electron chi connectivity index (χ0n) is 7.61. The smallest absolute Gasteiger partial charge is 0.291 e. The van der Waals surface area contributed by atoms with Gasteiger partial charge in [0.05, 0.1) is 0 Å². The Bertz CT molecular complexity index is 190. The second-order valence-electron chi connectivity index (χ2n) is 2.93. The third kappa shape index (κ3) is 3.80. The maximum Gasteiger partial charge on any atom is 0.291 e. The Labute approximate surface area is 82.9 Å². The average molecular weight is 201 g/mol. The van der Waals surface area contributed by atoms with Crippen LogP contribution in [0.5, 0.6) is 0 Å². The van der Waals surface area contributed by atoms with Crippen molar-refractivity contribution in [2.75, 3.05) is 32.7 Å². The van der Waals surface area contributed by atoms with Crippen molar-refractivity contribution in [3.63, 3.8) is 0 Å². The van der Waals surface area contributed by atoms with Gasteiger partial charge in [-0.2, -0.15) is 0 Å². The largest absolute Gasteiger partial charge is 0.359 e. The minimum Gasteiger partial charge on any atom is -0.359 e. The number of hydrogen-bond acceptors (Lipinski definition) is 4. The number of piperazine rings is 1. The molecule has 4 nitrogen and oxygen atoms in total. The summed E-state index contributed by atoms with van der Waals surface area (Å²) in [5.74, 6) is 0. The molecular weight excluding hydrogens is 186 g/mol. The summed E-state index contributed by atoms with van der Waals surface area (Å²) >= 11 is 1.12. The zero-order chi connectivity index (χ0) is 9.68. The first-order valence-corrected chi connectivity index (χ1v) is 5.05. The Morgan fingerprint density at radius 1 is 1.46 bits per heavy atom. The van der Waals surface area contributed by atoms with Crippen molar-refractivity contribution >= 4 is 17.2 Å². The lowest BCUT2D eigenvalue weighted by atomic mass is 10.3. The Morgan fingerprint density at radius 2 is 2.08 bits per heavy atom. The van der Waals surface area contributed by atoms with Crippen LogP contribution in [0.25, 0.3) is 0 Å². The standard InChI is InChI=1S/C8H15N3OS/c1-2-3-10-4-6-11(7-5-10)13-8(9)12/h2H,1,3-7H2,(H2,9,12). The second kappa shape index (κ2) is 5.26. The van der Waals surface area contributed by atoms with Crippen LogP contribution in [0.4, 0.5) is 4.79 Å². The average Bonchev–Trinajstić information content (AvgIpc) is 2.08. The summed E-state index contributed by atoms with van der Waals surface area (Å²) in [6.45, 7) is 8.35. The van der Waals surface area contributed by atoms with E-state index in [9.17, 15) is 4.79 Å². The van der Waals surface area contributed by atoms with E-state index >= 15 is 0 Å². The molecule has 1 aliphatic rings. The first kappa shape index (κ1) is 10.6. The number of carbonyl (C=O) groups is 1. The van der Waals surface area contributed by atoms with Crippen molar-refractivity contribution < 1.29 is 4.79 Å². The molecule has 74 valence electrons. The fourth-order valence-electron chi connectivity index (χ4n) is 1.31. The van der Waals surface area contributed by atoms with E-state index in [1.165, 1.54) is 0 Å². The summed E-state index contributed by atoms with van der Waals surface area (Å²) in [6.07, 6.45) is 1.90. The van der Waals surface area contributed by atoms with Crippen LogP contribution in [-0.4, -0.2) is 47.2 Å². The Hall–Kier alpha value is -0.520. The molecule has 0 spiro atoms. The van der Waals surface area contributed by atoms with Crippen molar-refractivity contribution in [2.24, 2.45) is 5.73 Å². The van der Waals surface area contributed by atoms with E-state index in [4.69, 9.17) is 5.73 Å². The molecule has 0 radical (unpaired) electrons. The van der Waals surface area contributed by atoms with Crippen LogP contribution in [0.2, 0.25) is 0 Å². The maximum absolute atomic E-state index is 10.6. The molecule has 1 aliphatic heterocycles. The number of carbonyl (C=O) groups excluding carboxylic acids is 1. The minimum absolute atomic E-state index is 0.322.